The molecule has 0 amide bonds. The third-order valence-electron chi connectivity index (χ3n) is 12.7. The summed E-state index contributed by atoms with van der Waals surface area (Å²) in [7, 11) is 0. The summed E-state index contributed by atoms with van der Waals surface area (Å²) in [6.07, 6.45) is 0. The normalized spacial score (nSPS) is 12.0. The number of benzene rings is 11. The standard InChI is InChI=1S/C58H35NS/c1-2-9-36(10-3-1)37-19-21-38(22-20-37)39-27-29-44(30-28-39)59(45-31-32-54-51(34-45)47-14-4-5-18-53(47)60-54)46-33-43-26-25-42-12-7-16-49-48-15-6-11-40-23-24-41-13-8-17-50(57(41)55(40)48)52(35-46)58(43)56(42)49/h1-35H. The van der Waals surface area contributed by atoms with Gasteiger partial charge in [-0.25, -0.2) is 0 Å². The number of hydrogen-bond donors (Lipinski definition) is 0. The monoisotopic (exact) mass is 777 g/mol. The molecule has 0 saturated carbocycles. The van der Waals surface area contributed by atoms with E-state index in [-0.39, 0.29) is 0 Å². The van der Waals surface area contributed by atoms with E-state index >= 15 is 0 Å². The van der Waals surface area contributed by atoms with Crippen LogP contribution >= 0.6 is 11.3 Å². The topological polar surface area (TPSA) is 3.24 Å². The number of hydrogen-bond acceptors (Lipinski definition) is 2. The Hall–Kier alpha value is -7.52. The highest BCUT2D eigenvalue weighted by Gasteiger charge is 2.20. The summed E-state index contributed by atoms with van der Waals surface area (Å²) >= 11 is 1.86. The lowest BCUT2D eigenvalue weighted by atomic mass is 9.87. The summed E-state index contributed by atoms with van der Waals surface area (Å²) in [5, 5.41) is 18.0. The van der Waals surface area contributed by atoms with Crippen LogP contribution in [0, 0.1) is 0 Å². The zero-order valence-corrected chi connectivity index (χ0v) is 33.4. The molecule has 1 aromatic heterocycles. The molecule has 0 radical (unpaired) electrons. The van der Waals surface area contributed by atoms with Gasteiger partial charge >= 0.3 is 0 Å². The van der Waals surface area contributed by atoms with Crippen molar-refractivity contribution in [2.24, 2.45) is 0 Å². The molecular weight excluding hydrogens is 743 g/mol. The van der Waals surface area contributed by atoms with Gasteiger partial charge in [-0.3, -0.25) is 0 Å². The third kappa shape index (κ3) is 5.05. The van der Waals surface area contributed by atoms with Crippen molar-refractivity contribution in [3.05, 3.63) is 212 Å². The average molecular weight is 778 g/mol. The SMILES string of the molecule is c1ccc(-c2ccc(-c3ccc(N(c4ccc5sc6ccccc6c5c4)c4cc5ccc6cccc7c8cccc9ccc%10cccc(c(c4)c5c67)c%10c98)cc3)cc2)cc1. The van der Waals surface area contributed by atoms with Gasteiger partial charge in [-0.2, -0.15) is 0 Å². The fourth-order valence-corrected chi connectivity index (χ4v) is 11.1. The van der Waals surface area contributed by atoms with Crippen LogP contribution in [-0.4, -0.2) is 0 Å². The Kier molecular flexibility index (Phi) is 7.24. The predicted molar refractivity (Wildman–Crippen MR) is 261 cm³/mol. The van der Waals surface area contributed by atoms with Crippen molar-refractivity contribution in [2.75, 3.05) is 4.90 Å². The molecule has 1 nitrogen and oxygen atoms in total. The lowest BCUT2D eigenvalue weighted by Crippen LogP contribution is -2.10. The van der Waals surface area contributed by atoms with E-state index in [9.17, 15) is 0 Å². The molecule has 60 heavy (non-hydrogen) atoms. The van der Waals surface area contributed by atoms with Gasteiger partial charge in [0, 0.05) is 37.2 Å². The maximum absolute atomic E-state index is 2.47. The number of fused-ring (bicyclic) bond motifs is 5. The van der Waals surface area contributed by atoms with Crippen LogP contribution in [0.3, 0.4) is 0 Å². The van der Waals surface area contributed by atoms with Crippen molar-refractivity contribution in [3.8, 4) is 22.3 Å². The van der Waals surface area contributed by atoms with Gasteiger partial charge in [0.2, 0.25) is 0 Å². The first-order valence-electron chi connectivity index (χ1n) is 20.7. The summed E-state index contributed by atoms with van der Waals surface area (Å²) < 4.78 is 2.61. The number of nitrogens with zero attached hydrogens (tertiary/aromatic N) is 1. The number of thiophene rings is 1. The third-order valence-corrected chi connectivity index (χ3v) is 13.9. The fraction of sp³-hybridized carbons (Fsp3) is 0. The smallest absolute Gasteiger partial charge is 0.0474 e. The van der Waals surface area contributed by atoms with Crippen LogP contribution in [0.4, 0.5) is 17.1 Å². The lowest BCUT2D eigenvalue weighted by molar-refractivity contribution is 1.30. The van der Waals surface area contributed by atoms with Crippen molar-refractivity contribution in [3.63, 3.8) is 0 Å². The molecule has 0 unspecified atom stereocenters. The quantitative estimate of drug-likeness (QED) is 0.157. The van der Waals surface area contributed by atoms with Crippen LogP contribution in [0.15, 0.2) is 212 Å². The Morgan fingerprint density at radius 3 is 1.33 bits per heavy atom. The van der Waals surface area contributed by atoms with Crippen molar-refractivity contribution >= 4 is 113 Å². The highest BCUT2D eigenvalue weighted by Crippen LogP contribution is 2.47. The predicted octanol–water partition coefficient (Wildman–Crippen LogP) is 17.2. The highest BCUT2D eigenvalue weighted by molar-refractivity contribution is 7.25. The van der Waals surface area contributed by atoms with Gasteiger partial charge in [0.05, 0.1) is 0 Å². The second-order valence-corrected chi connectivity index (χ2v) is 17.1. The van der Waals surface area contributed by atoms with E-state index in [1.807, 2.05) is 11.3 Å². The molecule has 0 bridgehead atoms. The van der Waals surface area contributed by atoms with Crippen LogP contribution in [0.25, 0.3) is 107 Å². The minimum absolute atomic E-state index is 1.11. The summed E-state index contributed by atoms with van der Waals surface area (Å²) in [5.41, 5.74) is 8.22. The molecule has 0 saturated heterocycles. The Labute approximate surface area is 350 Å². The average Bonchev–Trinajstić information content (AvgIpc) is 3.69. The van der Waals surface area contributed by atoms with E-state index in [2.05, 4.69) is 217 Å². The van der Waals surface area contributed by atoms with Crippen LogP contribution in [-0.2, 0) is 0 Å². The summed E-state index contributed by atoms with van der Waals surface area (Å²) in [6.45, 7) is 0. The van der Waals surface area contributed by atoms with Crippen LogP contribution in [0.1, 0.15) is 0 Å². The second-order valence-electron chi connectivity index (χ2n) is 16.0. The molecule has 0 N–H and O–H groups in total. The van der Waals surface area contributed by atoms with E-state index in [4.69, 9.17) is 0 Å². The van der Waals surface area contributed by atoms with Crippen LogP contribution < -0.4 is 4.90 Å². The number of rotatable bonds is 5. The van der Waals surface area contributed by atoms with Gasteiger partial charge in [-0.15, -0.1) is 11.3 Å². The van der Waals surface area contributed by atoms with Crippen LogP contribution in [0.5, 0.6) is 0 Å². The van der Waals surface area contributed by atoms with Crippen molar-refractivity contribution < 1.29 is 0 Å². The van der Waals surface area contributed by atoms with Gasteiger partial charge in [0.1, 0.15) is 0 Å². The molecular formula is C58H35NS. The molecule has 0 spiro atoms. The molecule has 12 aromatic carbocycles. The zero-order chi connectivity index (χ0) is 39.3. The van der Waals surface area contributed by atoms with Crippen molar-refractivity contribution in [1.29, 1.82) is 0 Å². The number of anilines is 3. The minimum atomic E-state index is 1.11. The Balaban J connectivity index is 1.08. The molecule has 0 aliphatic heterocycles. The second kappa shape index (κ2) is 13.0. The highest BCUT2D eigenvalue weighted by atomic mass is 32.1. The first-order valence-corrected chi connectivity index (χ1v) is 21.5. The van der Waals surface area contributed by atoms with E-state index in [1.54, 1.807) is 0 Å². The van der Waals surface area contributed by atoms with E-state index in [0.29, 0.717) is 0 Å². The first kappa shape index (κ1) is 33.5. The van der Waals surface area contributed by atoms with Gasteiger partial charge in [0.25, 0.3) is 0 Å². The van der Waals surface area contributed by atoms with E-state index < -0.39 is 0 Å². The summed E-state index contributed by atoms with van der Waals surface area (Å²) in [6, 6.07) is 79.0. The first-order chi connectivity index (χ1) is 29.7. The summed E-state index contributed by atoms with van der Waals surface area (Å²) in [5.74, 6) is 0. The maximum Gasteiger partial charge on any atom is 0.0474 e. The lowest BCUT2D eigenvalue weighted by Gasteiger charge is -2.27. The van der Waals surface area contributed by atoms with Gasteiger partial charge < -0.3 is 4.90 Å². The Morgan fingerprint density at radius 1 is 0.250 bits per heavy atom. The minimum Gasteiger partial charge on any atom is -0.310 e. The Bertz CT molecular complexity index is 3800. The van der Waals surface area contributed by atoms with Crippen molar-refractivity contribution in [2.45, 2.75) is 0 Å². The van der Waals surface area contributed by atoms with Crippen LogP contribution in [0.2, 0.25) is 0 Å². The fourth-order valence-electron chi connectivity index (χ4n) is 9.99. The molecule has 2 heteroatoms. The van der Waals surface area contributed by atoms with Crippen molar-refractivity contribution in [1.82, 2.24) is 0 Å². The van der Waals surface area contributed by atoms with Gasteiger partial charge in [-0.05, 0) is 135 Å². The summed E-state index contributed by atoms with van der Waals surface area (Å²) in [4.78, 5) is 2.47. The Morgan fingerprint density at radius 2 is 0.700 bits per heavy atom. The van der Waals surface area contributed by atoms with E-state index in [0.717, 1.165) is 17.1 Å². The van der Waals surface area contributed by atoms with Gasteiger partial charge in [0.15, 0.2) is 0 Å². The zero-order valence-electron chi connectivity index (χ0n) is 32.6. The van der Waals surface area contributed by atoms with Gasteiger partial charge in [-0.1, -0.05) is 164 Å². The maximum atomic E-state index is 2.47. The molecule has 0 atom stereocenters. The molecule has 0 fully saturated rings. The molecule has 13 aromatic rings. The largest absolute Gasteiger partial charge is 0.310 e. The molecule has 0 aliphatic carbocycles. The molecule has 278 valence electrons. The molecule has 1 heterocycles. The molecule has 13 rings (SSSR count). The molecule has 0 aliphatic rings. The van der Waals surface area contributed by atoms with E-state index in [1.165, 1.54) is 107 Å².